The molecule has 2 aromatic carbocycles. The number of carboxylic acid groups (broad SMARTS) is 1. The van der Waals surface area contributed by atoms with Gasteiger partial charge in [0.15, 0.2) is 0 Å². The number of fused-ring (bicyclic) bond motifs is 1. The van der Waals surface area contributed by atoms with Crippen LogP contribution in [0.5, 0.6) is 0 Å². The standard InChI is InChI=1S/C14H15NO2/c16-14(17)9-4-10-15-13-8-3-6-11-5-1-2-7-12(11)13/h1-3,5-8,15H,4,9-10H2,(H,16,17). The van der Waals surface area contributed by atoms with Crippen molar-refractivity contribution in [2.24, 2.45) is 0 Å². The first-order valence-corrected chi connectivity index (χ1v) is 5.71. The molecule has 0 aliphatic rings. The van der Waals surface area contributed by atoms with Gasteiger partial charge in [0.05, 0.1) is 0 Å². The molecule has 2 rings (SSSR count). The molecule has 17 heavy (non-hydrogen) atoms. The zero-order valence-corrected chi connectivity index (χ0v) is 9.52. The summed E-state index contributed by atoms with van der Waals surface area (Å²) in [4.78, 5) is 10.4. The molecule has 3 heteroatoms. The summed E-state index contributed by atoms with van der Waals surface area (Å²) in [5.41, 5.74) is 1.06. The molecule has 0 aliphatic carbocycles. The van der Waals surface area contributed by atoms with Crippen LogP contribution in [0.15, 0.2) is 42.5 Å². The molecule has 0 atom stereocenters. The van der Waals surface area contributed by atoms with Crippen LogP contribution in [0.2, 0.25) is 0 Å². The average molecular weight is 229 g/mol. The number of carbonyl (C=O) groups is 1. The maximum absolute atomic E-state index is 10.4. The van der Waals surface area contributed by atoms with Crippen LogP contribution in [0.3, 0.4) is 0 Å². The lowest BCUT2D eigenvalue weighted by Crippen LogP contribution is -2.05. The maximum Gasteiger partial charge on any atom is 0.303 e. The van der Waals surface area contributed by atoms with Gasteiger partial charge < -0.3 is 10.4 Å². The summed E-state index contributed by atoms with van der Waals surface area (Å²) in [6.45, 7) is 0.681. The minimum Gasteiger partial charge on any atom is -0.481 e. The van der Waals surface area contributed by atoms with E-state index in [0.717, 1.165) is 5.69 Å². The lowest BCUT2D eigenvalue weighted by Gasteiger charge is -2.08. The van der Waals surface area contributed by atoms with Crippen molar-refractivity contribution >= 4 is 22.4 Å². The van der Waals surface area contributed by atoms with Crippen LogP contribution in [-0.4, -0.2) is 17.6 Å². The third-order valence-corrected chi connectivity index (χ3v) is 2.67. The first-order chi connectivity index (χ1) is 8.27. The predicted octanol–water partition coefficient (Wildman–Crippen LogP) is 3.12. The fourth-order valence-corrected chi connectivity index (χ4v) is 1.84. The Hall–Kier alpha value is -2.03. The number of nitrogens with one attached hydrogen (secondary N) is 1. The molecule has 0 spiro atoms. The monoisotopic (exact) mass is 229 g/mol. The number of hydrogen-bond donors (Lipinski definition) is 2. The molecule has 0 saturated carbocycles. The summed E-state index contributed by atoms with van der Waals surface area (Å²) >= 11 is 0. The molecule has 2 aromatic rings. The smallest absolute Gasteiger partial charge is 0.303 e. The van der Waals surface area contributed by atoms with E-state index >= 15 is 0 Å². The van der Waals surface area contributed by atoms with Crippen molar-refractivity contribution in [2.45, 2.75) is 12.8 Å². The van der Waals surface area contributed by atoms with Gasteiger partial charge in [0.2, 0.25) is 0 Å². The molecule has 0 bridgehead atoms. The van der Waals surface area contributed by atoms with Gasteiger partial charge in [-0.05, 0) is 17.9 Å². The van der Waals surface area contributed by atoms with Crippen LogP contribution in [0.4, 0.5) is 5.69 Å². The first kappa shape index (κ1) is 11.5. The third kappa shape index (κ3) is 2.97. The number of aliphatic carboxylic acids is 1. The van der Waals surface area contributed by atoms with Crippen LogP contribution in [0.1, 0.15) is 12.8 Å². The molecule has 0 amide bonds. The van der Waals surface area contributed by atoms with Gasteiger partial charge in [-0.1, -0.05) is 36.4 Å². The second kappa shape index (κ2) is 5.34. The number of rotatable bonds is 5. The van der Waals surface area contributed by atoms with E-state index in [4.69, 9.17) is 5.11 Å². The number of anilines is 1. The fraction of sp³-hybridized carbons (Fsp3) is 0.214. The number of hydrogen-bond acceptors (Lipinski definition) is 2. The Labute approximate surface area is 100 Å². The highest BCUT2D eigenvalue weighted by atomic mass is 16.4. The third-order valence-electron chi connectivity index (χ3n) is 2.67. The van der Waals surface area contributed by atoms with Crippen molar-refractivity contribution in [2.75, 3.05) is 11.9 Å². The van der Waals surface area contributed by atoms with Crippen LogP contribution in [-0.2, 0) is 4.79 Å². The summed E-state index contributed by atoms with van der Waals surface area (Å²) in [5, 5.41) is 14.2. The van der Waals surface area contributed by atoms with Gasteiger partial charge >= 0.3 is 5.97 Å². The van der Waals surface area contributed by atoms with E-state index in [-0.39, 0.29) is 6.42 Å². The molecule has 2 N–H and O–H groups in total. The Bertz CT molecular complexity index is 517. The highest BCUT2D eigenvalue weighted by Crippen LogP contribution is 2.22. The van der Waals surface area contributed by atoms with E-state index in [2.05, 4.69) is 23.5 Å². The molecular formula is C14H15NO2. The Kier molecular flexibility index (Phi) is 3.60. The molecule has 0 saturated heterocycles. The number of benzene rings is 2. The summed E-state index contributed by atoms with van der Waals surface area (Å²) in [6.07, 6.45) is 0.844. The SMILES string of the molecule is O=C(O)CCCNc1cccc2ccccc12. The topological polar surface area (TPSA) is 49.3 Å². The van der Waals surface area contributed by atoms with Crippen LogP contribution >= 0.6 is 0 Å². The minimum absolute atomic E-state index is 0.206. The molecule has 0 unspecified atom stereocenters. The Morgan fingerprint density at radius 2 is 1.88 bits per heavy atom. The molecule has 0 aromatic heterocycles. The molecule has 0 radical (unpaired) electrons. The molecule has 0 heterocycles. The Morgan fingerprint density at radius 3 is 2.71 bits per heavy atom. The molecule has 0 fully saturated rings. The summed E-state index contributed by atoms with van der Waals surface area (Å²) in [6, 6.07) is 14.2. The van der Waals surface area contributed by atoms with Crippen molar-refractivity contribution in [3.63, 3.8) is 0 Å². The van der Waals surface area contributed by atoms with Gasteiger partial charge in [-0.25, -0.2) is 0 Å². The van der Waals surface area contributed by atoms with Gasteiger partial charge in [-0.3, -0.25) is 4.79 Å². The van der Waals surface area contributed by atoms with Crippen LogP contribution in [0, 0.1) is 0 Å². The lowest BCUT2D eigenvalue weighted by molar-refractivity contribution is -0.137. The highest BCUT2D eigenvalue weighted by Gasteiger charge is 2.00. The van der Waals surface area contributed by atoms with Crippen molar-refractivity contribution in [1.82, 2.24) is 0 Å². The van der Waals surface area contributed by atoms with E-state index in [1.807, 2.05) is 24.3 Å². The lowest BCUT2D eigenvalue weighted by atomic mass is 10.1. The minimum atomic E-state index is -0.746. The number of carboxylic acids is 1. The molecular weight excluding hydrogens is 214 g/mol. The van der Waals surface area contributed by atoms with Crippen LogP contribution in [0.25, 0.3) is 10.8 Å². The summed E-state index contributed by atoms with van der Waals surface area (Å²) in [5.74, 6) is -0.746. The van der Waals surface area contributed by atoms with E-state index in [9.17, 15) is 4.79 Å². The van der Waals surface area contributed by atoms with Gasteiger partial charge in [-0.2, -0.15) is 0 Å². The van der Waals surface area contributed by atoms with Crippen molar-refractivity contribution < 1.29 is 9.90 Å². The molecule has 0 aliphatic heterocycles. The van der Waals surface area contributed by atoms with Crippen LogP contribution < -0.4 is 5.32 Å². The fourth-order valence-electron chi connectivity index (χ4n) is 1.84. The molecule has 88 valence electrons. The molecule has 3 nitrogen and oxygen atoms in total. The average Bonchev–Trinajstić information content (AvgIpc) is 2.34. The second-order valence-corrected chi connectivity index (χ2v) is 3.95. The van der Waals surface area contributed by atoms with Gasteiger partial charge in [0.25, 0.3) is 0 Å². The normalized spacial score (nSPS) is 10.4. The summed E-state index contributed by atoms with van der Waals surface area (Å²) < 4.78 is 0. The predicted molar refractivity (Wildman–Crippen MR) is 69.3 cm³/mol. The maximum atomic E-state index is 10.4. The Balaban J connectivity index is 2.05. The van der Waals surface area contributed by atoms with Gasteiger partial charge in [-0.15, -0.1) is 0 Å². The zero-order valence-electron chi connectivity index (χ0n) is 9.52. The van der Waals surface area contributed by atoms with E-state index in [0.29, 0.717) is 13.0 Å². The van der Waals surface area contributed by atoms with E-state index < -0.39 is 5.97 Å². The quantitative estimate of drug-likeness (QED) is 0.774. The van der Waals surface area contributed by atoms with E-state index in [1.165, 1.54) is 10.8 Å². The van der Waals surface area contributed by atoms with Crippen molar-refractivity contribution in [3.05, 3.63) is 42.5 Å². The van der Waals surface area contributed by atoms with Crippen molar-refractivity contribution in [1.29, 1.82) is 0 Å². The first-order valence-electron chi connectivity index (χ1n) is 5.71. The van der Waals surface area contributed by atoms with Crippen molar-refractivity contribution in [3.8, 4) is 0 Å². The highest BCUT2D eigenvalue weighted by molar-refractivity contribution is 5.93. The second-order valence-electron chi connectivity index (χ2n) is 3.95. The van der Waals surface area contributed by atoms with Gasteiger partial charge in [0.1, 0.15) is 0 Å². The largest absolute Gasteiger partial charge is 0.481 e. The Morgan fingerprint density at radius 1 is 1.12 bits per heavy atom. The zero-order chi connectivity index (χ0) is 12.1. The summed E-state index contributed by atoms with van der Waals surface area (Å²) in [7, 11) is 0. The van der Waals surface area contributed by atoms with E-state index in [1.54, 1.807) is 0 Å². The van der Waals surface area contributed by atoms with Gasteiger partial charge in [0, 0.05) is 24.0 Å².